The third-order valence-corrected chi connectivity index (χ3v) is 3.79. The van der Waals surface area contributed by atoms with Gasteiger partial charge in [0.25, 0.3) is 0 Å². The van der Waals surface area contributed by atoms with Crippen LogP contribution in [0.2, 0.25) is 5.02 Å². The second kappa shape index (κ2) is 6.71. The zero-order valence-corrected chi connectivity index (χ0v) is 13.4. The topological polar surface area (TPSA) is 42.1 Å². The van der Waals surface area contributed by atoms with Crippen molar-refractivity contribution in [2.24, 2.45) is 0 Å². The Labute approximate surface area is 139 Å². The molecule has 0 fully saturated rings. The largest absolute Gasteiger partial charge is 0.461 e. The Morgan fingerprint density at radius 2 is 1.74 bits per heavy atom. The van der Waals surface area contributed by atoms with Crippen LogP contribution in [0.5, 0.6) is 0 Å². The zero-order chi connectivity index (χ0) is 16.2. The smallest absolute Gasteiger partial charge is 0.355 e. The van der Waals surface area contributed by atoms with Gasteiger partial charge in [-0.3, -0.25) is 0 Å². The van der Waals surface area contributed by atoms with Gasteiger partial charge < -0.3 is 9.72 Å². The Bertz CT molecular complexity index is 807. The van der Waals surface area contributed by atoms with Crippen LogP contribution in [0.25, 0.3) is 22.4 Å². The first-order valence-corrected chi connectivity index (χ1v) is 7.78. The number of nitrogens with one attached hydrogen (secondary N) is 1. The molecule has 0 radical (unpaired) electrons. The highest BCUT2D eigenvalue weighted by Crippen LogP contribution is 2.30. The normalized spacial score (nSPS) is 10.5. The molecule has 0 bridgehead atoms. The maximum atomic E-state index is 12.3. The van der Waals surface area contributed by atoms with E-state index in [0.29, 0.717) is 17.3 Å². The summed E-state index contributed by atoms with van der Waals surface area (Å²) in [7, 11) is 0. The SMILES string of the molecule is CCOC(=O)c1[nH]c(-c2ccc(Cl)cc2)cc1-c1ccccc1. The van der Waals surface area contributed by atoms with Gasteiger partial charge in [0, 0.05) is 16.3 Å². The van der Waals surface area contributed by atoms with Crippen LogP contribution in [0.3, 0.4) is 0 Å². The van der Waals surface area contributed by atoms with Crippen LogP contribution in [0.4, 0.5) is 0 Å². The predicted octanol–water partition coefficient (Wildman–Crippen LogP) is 5.18. The summed E-state index contributed by atoms with van der Waals surface area (Å²) >= 11 is 5.94. The fraction of sp³-hybridized carbons (Fsp3) is 0.105. The number of hydrogen-bond donors (Lipinski definition) is 1. The van der Waals surface area contributed by atoms with Crippen molar-refractivity contribution in [2.75, 3.05) is 6.61 Å². The van der Waals surface area contributed by atoms with E-state index in [4.69, 9.17) is 16.3 Å². The van der Waals surface area contributed by atoms with Gasteiger partial charge in [0.1, 0.15) is 5.69 Å². The lowest BCUT2D eigenvalue weighted by molar-refractivity contribution is 0.0521. The fourth-order valence-electron chi connectivity index (χ4n) is 2.45. The molecule has 23 heavy (non-hydrogen) atoms. The Morgan fingerprint density at radius 1 is 1.04 bits per heavy atom. The number of aromatic amines is 1. The summed E-state index contributed by atoms with van der Waals surface area (Å²) in [5.41, 5.74) is 4.06. The lowest BCUT2D eigenvalue weighted by atomic mass is 10.0. The first-order chi connectivity index (χ1) is 11.2. The van der Waals surface area contributed by atoms with E-state index in [1.54, 1.807) is 6.92 Å². The van der Waals surface area contributed by atoms with Gasteiger partial charge in [-0.25, -0.2) is 4.79 Å². The number of rotatable bonds is 4. The van der Waals surface area contributed by atoms with Crippen molar-refractivity contribution in [2.45, 2.75) is 6.92 Å². The van der Waals surface area contributed by atoms with Gasteiger partial charge in [-0.2, -0.15) is 0 Å². The van der Waals surface area contributed by atoms with E-state index in [9.17, 15) is 4.79 Å². The number of carbonyl (C=O) groups is 1. The number of aromatic nitrogens is 1. The van der Waals surface area contributed by atoms with E-state index in [2.05, 4.69) is 4.98 Å². The molecule has 1 N–H and O–H groups in total. The lowest BCUT2D eigenvalue weighted by Crippen LogP contribution is -2.06. The molecule has 2 aromatic carbocycles. The third kappa shape index (κ3) is 3.30. The number of ether oxygens (including phenoxy) is 1. The average Bonchev–Trinajstić information content (AvgIpc) is 3.02. The van der Waals surface area contributed by atoms with Crippen molar-refractivity contribution in [1.29, 1.82) is 0 Å². The fourth-order valence-corrected chi connectivity index (χ4v) is 2.58. The summed E-state index contributed by atoms with van der Waals surface area (Å²) in [5.74, 6) is -0.355. The number of hydrogen-bond acceptors (Lipinski definition) is 2. The van der Waals surface area contributed by atoms with Gasteiger partial charge in [-0.05, 0) is 36.2 Å². The minimum Gasteiger partial charge on any atom is -0.461 e. The predicted molar refractivity (Wildman–Crippen MR) is 92.6 cm³/mol. The molecule has 0 amide bonds. The molecule has 3 nitrogen and oxygen atoms in total. The summed E-state index contributed by atoms with van der Waals surface area (Å²) in [6, 6.07) is 19.2. The van der Waals surface area contributed by atoms with E-state index in [1.807, 2.05) is 60.7 Å². The molecule has 116 valence electrons. The Hall–Kier alpha value is -2.52. The molecule has 0 aliphatic heterocycles. The van der Waals surface area contributed by atoms with Gasteiger partial charge in [-0.1, -0.05) is 54.1 Å². The number of esters is 1. The zero-order valence-electron chi connectivity index (χ0n) is 12.7. The maximum Gasteiger partial charge on any atom is 0.355 e. The van der Waals surface area contributed by atoms with Crippen molar-refractivity contribution >= 4 is 17.6 Å². The second-order valence-corrected chi connectivity index (χ2v) is 5.50. The number of carbonyl (C=O) groups excluding carboxylic acids is 1. The molecule has 3 aromatic rings. The van der Waals surface area contributed by atoms with Gasteiger partial charge in [0.15, 0.2) is 0 Å². The Morgan fingerprint density at radius 3 is 2.39 bits per heavy atom. The number of halogens is 1. The highest BCUT2D eigenvalue weighted by molar-refractivity contribution is 6.30. The minimum atomic E-state index is -0.355. The van der Waals surface area contributed by atoms with E-state index >= 15 is 0 Å². The molecule has 0 unspecified atom stereocenters. The van der Waals surface area contributed by atoms with E-state index in [0.717, 1.165) is 22.4 Å². The maximum absolute atomic E-state index is 12.3. The highest BCUT2D eigenvalue weighted by Gasteiger charge is 2.18. The number of benzene rings is 2. The molecule has 0 saturated heterocycles. The van der Waals surface area contributed by atoms with Crippen LogP contribution in [0, 0.1) is 0 Å². The third-order valence-electron chi connectivity index (χ3n) is 3.54. The van der Waals surface area contributed by atoms with E-state index < -0.39 is 0 Å². The second-order valence-electron chi connectivity index (χ2n) is 5.07. The standard InChI is InChI=1S/C19H16ClNO2/c1-2-23-19(22)18-16(13-6-4-3-5-7-13)12-17(21-18)14-8-10-15(20)11-9-14/h3-12,21H,2H2,1H3. The molecule has 0 atom stereocenters. The van der Waals surface area contributed by atoms with E-state index in [1.165, 1.54) is 0 Å². The molecule has 0 spiro atoms. The summed E-state index contributed by atoms with van der Waals surface area (Å²) in [4.78, 5) is 15.4. The molecular weight excluding hydrogens is 310 g/mol. The number of H-pyrrole nitrogens is 1. The summed E-state index contributed by atoms with van der Waals surface area (Å²) in [6.07, 6.45) is 0. The van der Waals surface area contributed by atoms with Gasteiger partial charge in [-0.15, -0.1) is 0 Å². The molecule has 0 saturated carbocycles. The van der Waals surface area contributed by atoms with Gasteiger partial charge in [0.2, 0.25) is 0 Å². The Balaban J connectivity index is 2.10. The molecule has 1 heterocycles. The Kier molecular flexibility index (Phi) is 4.49. The van der Waals surface area contributed by atoms with Crippen molar-refractivity contribution in [3.63, 3.8) is 0 Å². The van der Waals surface area contributed by atoms with Gasteiger partial charge in [0.05, 0.1) is 6.61 Å². The average molecular weight is 326 g/mol. The van der Waals surface area contributed by atoms with Crippen LogP contribution >= 0.6 is 11.6 Å². The van der Waals surface area contributed by atoms with Crippen molar-refractivity contribution in [3.05, 3.63) is 71.4 Å². The first-order valence-electron chi connectivity index (χ1n) is 7.40. The van der Waals surface area contributed by atoms with Crippen LogP contribution < -0.4 is 0 Å². The first kappa shape index (κ1) is 15.4. The van der Waals surface area contributed by atoms with Crippen molar-refractivity contribution < 1.29 is 9.53 Å². The van der Waals surface area contributed by atoms with Crippen molar-refractivity contribution in [1.82, 2.24) is 4.98 Å². The lowest BCUT2D eigenvalue weighted by Gasteiger charge is -2.03. The molecular formula is C19H16ClNO2. The van der Waals surface area contributed by atoms with Crippen LogP contribution in [-0.2, 0) is 4.74 Å². The molecule has 1 aromatic heterocycles. The molecule has 0 aliphatic carbocycles. The van der Waals surface area contributed by atoms with Crippen molar-refractivity contribution in [3.8, 4) is 22.4 Å². The van der Waals surface area contributed by atoms with Crippen LogP contribution in [0.1, 0.15) is 17.4 Å². The summed E-state index contributed by atoms with van der Waals surface area (Å²) in [5, 5.41) is 0.675. The van der Waals surface area contributed by atoms with E-state index in [-0.39, 0.29) is 5.97 Å². The molecule has 3 rings (SSSR count). The molecule has 4 heteroatoms. The minimum absolute atomic E-state index is 0.336. The quantitative estimate of drug-likeness (QED) is 0.672. The monoisotopic (exact) mass is 325 g/mol. The van der Waals surface area contributed by atoms with Gasteiger partial charge >= 0.3 is 5.97 Å². The van der Waals surface area contributed by atoms with Crippen LogP contribution in [-0.4, -0.2) is 17.6 Å². The highest BCUT2D eigenvalue weighted by atomic mass is 35.5. The molecule has 0 aliphatic rings. The summed E-state index contributed by atoms with van der Waals surface area (Å²) in [6.45, 7) is 2.13. The summed E-state index contributed by atoms with van der Waals surface area (Å²) < 4.78 is 5.17. The van der Waals surface area contributed by atoms with Crippen LogP contribution in [0.15, 0.2) is 60.7 Å².